The first kappa shape index (κ1) is 27.9. The Morgan fingerprint density at radius 3 is 1.81 bits per heavy atom. The number of carbonyl (C=O) groups excluding carboxylic acids is 2. The van der Waals surface area contributed by atoms with Crippen molar-refractivity contribution in [2.75, 3.05) is 7.05 Å². The van der Waals surface area contributed by atoms with Gasteiger partial charge in [-0.2, -0.15) is 0 Å². The number of nitrogens with one attached hydrogen (secondary N) is 1. The molecule has 1 heterocycles. The number of unbranched alkanes of at least 4 members (excludes halogenated alkanes) is 9. The smallest absolute Gasteiger partial charge is 0.223 e. The molecule has 0 radical (unpaired) electrons. The van der Waals surface area contributed by atoms with Crippen molar-refractivity contribution in [1.29, 1.82) is 0 Å². The Bertz CT molecular complexity index is 527. The predicted octanol–water partition coefficient (Wildman–Crippen LogP) is 5.56. The molecule has 0 aromatic carbocycles. The summed E-state index contributed by atoms with van der Waals surface area (Å²) in [6.07, 6.45) is 15.4. The fourth-order valence-corrected chi connectivity index (χ4v) is 5.24. The Morgan fingerprint density at radius 2 is 1.35 bits per heavy atom. The van der Waals surface area contributed by atoms with E-state index in [1.165, 1.54) is 51.4 Å². The van der Waals surface area contributed by atoms with E-state index in [-0.39, 0.29) is 41.3 Å². The van der Waals surface area contributed by atoms with Crippen molar-refractivity contribution in [1.82, 2.24) is 10.2 Å². The first-order valence-electron chi connectivity index (χ1n) is 12.8. The van der Waals surface area contributed by atoms with Crippen LogP contribution in [-0.4, -0.2) is 40.9 Å². The van der Waals surface area contributed by atoms with Gasteiger partial charge in [-0.05, 0) is 54.0 Å². The highest BCUT2D eigenvalue weighted by Crippen LogP contribution is 2.37. The van der Waals surface area contributed by atoms with Crippen molar-refractivity contribution in [3.05, 3.63) is 0 Å². The Hall–Kier alpha value is -1.10. The van der Waals surface area contributed by atoms with E-state index in [1.54, 1.807) is 0 Å². The number of rotatable bonds is 15. The van der Waals surface area contributed by atoms with E-state index >= 15 is 0 Å². The second-order valence-corrected chi connectivity index (χ2v) is 11.1. The summed E-state index contributed by atoms with van der Waals surface area (Å²) in [7, 11) is 2.17. The molecule has 5 heteroatoms. The van der Waals surface area contributed by atoms with Crippen molar-refractivity contribution >= 4 is 11.8 Å². The first-order valence-corrected chi connectivity index (χ1v) is 12.8. The van der Waals surface area contributed by atoms with Crippen LogP contribution in [0.25, 0.3) is 0 Å². The molecule has 1 atom stereocenters. The van der Waals surface area contributed by atoms with Crippen LogP contribution in [0.3, 0.4) is 0 Å². The minimum absolute atomic E-state index is 0.0101. The van der Waals surface area contributed by atoms with E-state index in [0.717, 1.165) is 32.1 Å². The normalized spacial score (nSPS) is 19.8. The Labute approximate surface area is 192 Å². The van der Waals surface area contributed by atoms with Crippen LogP contribution >= 0.6 is 0 Å². The highest BCUT2D eigenvalue weighted by atomic mass is 16.2. The maximum absolute atomic E-state index is 13.0. The zero-order valence-electron chi connectivity index (χ0n) is 21.4. The van der Waals surface area contributed by atoms with Crippen molar-refractivity contribution < 1.29 is 9.59 Å². The largest absolute Gasteiger partial charge is 0.370 e. The summed E-state index contributed by atoms with van der Waals surface area (Å²) in [4.78, 5) is 27.0. The van der Waals surface area contributed by atoms with Crippen LogP contribution in [0.5, 0.6) is 0 Å². The molecule has 0 aromatic rings. The van der Waals surface area contributed by atoms with Crippen LogP contribution in [-0.2, 0) is 9.59 Å². The third-order valence-corrected chi connectivity index (χ3v) is 7.38. The van der Waals surface area contributed by atoms with E-state index in [2.05, 4.69) is 51.9 Å². The summed E-state index contributed by atoms with van der Waals surface area (Å²) in [5.74, 6) is -0.662. The highest BCUT2D eigenvalue weighted by Gasteiger charge is 2.43. The zero-order chi connectivity index (χ0) is 23.5. The molecule has 0 saturated carbocycles. The van der Waals surface area contributed by atoms with Crippen LogP contribution in [0.1, 0.15) is 125 Å². The number of primary amides is 1. The van der Waals surface area contributed by atoms with Crippen LogP contribution in [0.2, 0.25) is 0 Å². The zero-order valence-corrected chi connectivity index (χ0v) is 21.4. The lowest BCUT2D eigenvalue weighted by Crippen LogP contribution is -2.63. The lowest BCUT2D eigenvalue weighted by atomic mass is 9.77. The van der Waals surface area contributed by atoms with Crippen molar-refractivity contribution in [3.63, 3.8) is 0 Å². The molecule has 0 spiro atoms. The molecule has 0 aromatic heterocycles. The third-order valence-electron chi connectivity index (χ3n) is 7.38. The summed E-state index contributed by atoms with van der Waals surface area (Å²) in [5, 5.41) is 3.27. The molecule has 1 unspecified atom stereocenters. The molecule has 1 fully saturated rings. The molecule has 182 valence electrons. The summed E-state index contributed by atoms with van der Waals surface area (Å²) in [5.41, 5.74) is 5.51. The summed E-state index contributed by atoms with van der Waals surface area (Å²) >= 11 is 0. The third kappa shape index (κ3) is 10.4. The minimum atomic E-state index is -0.378. The van der Waals surface area contributed by atoms with Gasteiger partial charge in [0.25, 0.3) is 0 Å². The number of hydrogen-bond donors (Lipinski definition) is 2. The minimum Gasteiger partial charge on any atom is -0.370 e. The van der Waals surface area contributed by atoms with Crippen molar-refractivity contribution in [3.8, 4) is 0 Å². The number of piperidine rings is 1. The van der Waals surface area contributed by atoms with Crippen molar-refractivity contribution in [2.24, 2.45) is 11.7 Å². The number of hydrogen-bond acceptors (Lipinski definition) is 3. The monoisotopic (exact) mass is 437 g/mol. The summed E-state index contributed by atoms with van der Waals surface area (Å²) in [6, 6.07) is 0.136. The van der Waals surface area contributed by atoms with Gasteiger partial charge < -0.3 is 11.1 Å². The van der Waals surface area contributed by atoms with Gasteiger partial charge in [0.05, 0.1) is 0 Å². The molecule has 1 aliphatic heterocycles. The van der Waals surface area contributed by atoms with Gasteiger partial charge in [-0.3, -0.25) is 14.5 Å². The average Bonchev–Trinajstić information content (AvgIpc) is 2.65. The van der Waals surface area contributed by atoms with Gasteiger partial charge in [0.2, 0.25) is 11.8 Å². The summed E-state index contributed by atoms with van der Waals surface area (Å²) < 4.78 is 0. The summed E-state index contributed by atoms with van der Waals surface area (Å²) in [6.45, 7) is 11.2. The lowest BCUT2D eigenvalue weighted by Gasteiger charge is -2.53. The number of amides is 2. The molecule has 0 aliphatic carbocycles. The Kier molecular flexibility index (Phi) is 12.1. The molecule has 5 nitrogen and oxygen atoms in total. The number of likely N-dealkylation sites (tertiary alicyclic amines) is 1. The standard InChI is InChI=1S/C26H51N3O2/c1-7-8-9-10-11-12-13-14-15-16-17-21(18-23(27)30)24(31)28-22-19-25(2,3)29(6)26(4,5)20-22/h21-22H,7-20H2,1-6H3,(H2,27,30)(H,28,31). The van der Waals surface area contributed by atoms with Gasteiger partial charge >= 0.3 is 0 Å². The molecule has 1 aliphatic rings. The SMILES string of the molecule is CCCCCCCCCCCCC(CC(N)=O)C(=O)NC1CC(C)(C)N(C)C(C)(C)C1. The molecule has 2 amide bonds. The molecule has 1 rings (SSSR count). The second-order valence-electron chi connectivity index (χ2n) is 11.1. The van der Waals surface area contributed by atoms with Gasteiger partial charge in [-0.15, -0.1) is 0 Å². The highest BCUT2D eigenvalue weighted by molar-refractivity contribution is 5.85. The molecular formula is C26H51N3O2. The molecule has 31 heavy (non-hydrogen) atoms. The Morgan fingerprint density at radius 1 is 0.903 bits per heavy atom. The molecule has 0 bridgehead atoms. The first-order chi connectivity index (χ1) is 14.5. The van der Waals surface area contributed by atoms with E-state index in [0.29, 0.717) is 0 Å². The second kappa shape index (κ2) is 13.4. The molecular weight excluding hydrogens is 386 g/mol. The maximum Gasteiger partial charge on any atom is 0.223 e. The van der Waals surface area contributed by atoms with E-state index < -0.39 is 0 Å². The van der Waals surface area contributed by atoms with Gasteiger partial charge in [0.15, 0.2) is 0 Å². The van der Waals surface area contributed by atoms with Crippen LogP contribution in [0, 0.1) is 5.92 Å². The number of carbonyl (C=O) groups is 2. The fourth-order valence-electron chi connectivity index (χ4n) is 5.24. The molecule has 1 saturated heterocycles. The predicted molar refractivity (Wildman–Crippen MR) is 131 cm³/mol. The number of nitrogens with two attached hydrogens (primary N) is 1. The van der Waals surface area contributed by atoms with E-state index in [1.807, 2.05) is 0 Å². The molecule has 3 N–H and O–H groups in total. The van der Waals surface area contributed by atoms with Gasteiger partial charge in [0.1, 0.15) is 0 Å². The lowest BCUT2D eigenvalue weighted by molar-refractivity contribution is -0.131. The maximum atomic E-state index is 13.0. The van der Waals surface area contributed by atoms with Crippen LogP contribution in [0.15, 0.2) is 0 Å². The fraction of sp³-hybridized carbons (Fsp3) is 0.923. The van der Waals surface area contributed by atoms with E-state index in [4.69, 9.17) is 5.73 Å². The Balaban J connectivity index is 2.42. The number of nitrogens with zero attached hydrogens (tertiary/aromatic N) is 1. The van der Waals surface area contributed by atoms with Crippen LogP contribution < -0.4 is 11.1 Å². The van der Waals surface area contributed by atoms with Gasteiger partial charge in [-0.1, -0.05) is 71.1 Å². The van der Waals surface area contributed by atoms with Crippen LogP contribution in [0.4, 0.5) is 0 Å². The quantitative estimate of drug-likeness (QED) is 0.329. The van der Waals surface area contributed by atoms with Gasteiger partial charge in [0, 0.05) is 29.5 Å². The van der Waals surface area contributed by atoms with Crippen molar-refractivity contribution in [2.45, 2.75) is 142 Å². The van der Waals surface area contributed by atoms with Gasteiger partial charge in [-0.25, -0.2) is 0 Å². The topological polar surface area (TPSA) is 75.4 Å². The van der Waals surface area contributed by atoms with E-state index in [9.17, 15) is 9.59 Å². The average molecular weight is 438 g/mol.